The van der Waals surface area contributed by atoms with Gasteiger partial charge in [0.25, 0.3) is 10.0 Å². The Kier molecular flexibility index (Phi) is 13.2. The molecule has 0 saturated carbocycles. The van der Waals surface area contributed by atoms with E-state index in [1.165, 1.54) is 25.3 Å². The molecule has 20 heteroatoms. The first-order chi connectivity index (χ1) is 31.4. The molecule has 2 aliphatic heterocycles. The fraction of sp³-hybridized carbons (Fsp3) is 0.378. The number of rotatable bonds is 16. The van der Waals surface area contributed by atoms with Crippen LogP contribution in [0.3, 0.4) is 0 Å². The highest BCUT2D eigenvalue weighted by Crippen LogP contribution is 2.39. The van der Waals surface area contributed by atoms with Gasteiger partial charge in [0.15, 0.2) is 0 Å². The van der Waals surface area contributed by atoms with Gasteiger partial charge < -0.3 is 49.3 Å². The van der Waals surface area contributed by atoms with E-state index >= 15 is 0 Å². The van der Waals surface area contributed by atoms with Gasteiger partial charge in [-0.25, -0.2) is 31.9 Å². The lowest BCUT2D eigenvalue weighted by molar-refractivity contribution is -0.135. The van der Waals surface area contributed by atoms with Gasteiger partial charge in [0, 0.05) is 87.8 Å². The largest absolute Gasteiger partial charge is 0.465 e. The van der Waals surface area contributed by atoms with Crippen LogP contribution in [0.4, 0.5) is 9.59 Å². The monoisotopic (exact) mass is 909 g/mol. The van der Waals surface area contributed by atoms with Gasteiger partial charge in [0.1, 0.15) is 23.7 Å². The minimum atomic E-state index is -4.20. The molecule has 2 fully saturated rings. The number of methoxy groups -OCH3 is 3. The number of aromatic amines is 1. The minimum Gasteiger partial charge on any atom is -0.465 e. The number of imidazole rings is 2. The first-order valence-corrected chi connectivity index (χ1v) is 22.8. The number of carboxylic acid groups (broad SMARTS) is 1. The molecule has 4 atom stereocenters. The highest BCUT2D eigenvalue weighted by molar-refractivity contribution is 7.90. The molecule has 0 spiro atoms. The molecule has 3 aromatic carbocycles. The van der Waals surface area contributed by atoms with Gasteiger partial charge in [0.2, 0.25) is 11.8 Å². The normalized spacial score (nSPS) is 17.4. The van der Waals surface area contributed by atoms with Gasteiger partial charge in [-0.3, -0.25) is 9.59 Å². The number of H-pyrrole nitrogens is 1. The number of nitrogens with zero attached hydrogens (tertiary/aromatic N) is 6. The molecule has 65 heavy (non-hydrogen) atoms. The summed E-state index contributed by atoms with van der Waals surface area (Å²) in [5, 5.41) is 15.8. The van der Waals surface area contributed by atoms with Crippen LogP contribution in [0.5, 0.6) is 0 Å². The van der Waals surface area contributed by atoms with Gasteiger partial charge in [0.05, 0.1) is 47.0 Å². The molecule has 4 amide bonds. The molecule has 0 aliphatic carbocycles. The average Bonchev–Trinajstić information content (AvgIpc) is 4.17. The molecule has 0 radical (unpaired) electrons. The van der Waals surface area contributed by atoms with Crippen molar-refractivity contribution in [3.63, 3.8) is 0 Å². The third kappa shape index (κ3) is 8.88. The lowest BCUT2D eigenvalue weighted by Gasteiger charge is -2.29. The fourth-order valence-corrected chi connectivity index (χ4v) is 10.6. The summed E-state index contributed by atoms with van der Waals surface area (Å²) in [6.07, 6.45) is 6.08. The predicted molar refractivity (Wildman–Crippen MR) is 238 cm³/mol. The number of ether oxygens (including phenoxy) is 3. The number of likely N-dealkylation sites (tertiary alicyclic amines) is 2. The van der Waals surface area contributed by atoms with Crippen molar-refractivity contribution in [1.82, 2.24) is 43.9 Å². The zero-order valence-electron chi connectivity index (χ0n) is 36.2. The Balaban J connectivity index is 1.17. The van der Waals surface area contributed by atoms with E-state index in [0.29, 0.717) is 82.8 Å². The molecule has 0 bridgehead atoms. The van der Waals surface area contributed by atoms with Crippen LogP contribution in [0.2, 0.25) is 0 Å². The summed E-state index contributed by atoms with van der Waals surface area (Å²) in [5.74, 6) is 0.453. The highest BCUT2D eigenvalue weighted by atomic mass is 32.2. The molecular weight excluding hydrogens is 859 g/mol. The quantitative estimate of drug-likeness (QED) is 0.0961. The van der Waals surface area contributed by atoms with Crippen molar-refractivity contribution in [3.05, 3.63) is 97.0 Å². The van der Waals surface area contributed by atoms with Gasteiger partial charge in [-0.2, -0.15) is 0 Å². The maximum Gasteiger partial charge on any atom is 0.407 e. The number of fused-ring (bicyclic) bond motifs is 3. The Hall–Kier alpha value is -6.77. The Labute approximate surface area is 374 Å². The number of carbonyl (C=O) groups excluding carboxylic acids is 3. The van der Waals surface area contributed by atoms with Crippen LogP contribution >= 0.6 is 0 Å². The van der Waals surface area contributed by atoms with Gasteiger partial charge >= 0.3 is 12.2 Å². The third-order valence-corrected chi connectivity index (χ3v) is 13.9. The Morgan fingerprint density at radius 3 is 2.11 bits per heavy atom. The Morgan fingerprint density at radius 1 is 0.815 bits per heavy atom. The van der Waals surface area contributed by atoms with Crippen molar-refractivity contribution < 1.29 is 46.9 Å². The molecular formula is C45H51N9O10S. The summed E-state index contributed by atoms with van der Waals surface area (Å²) >= 11 is 0. The molecule has 5 heterocycles. The molecule has 3 aromatic heterocycles. The molecule has 2 aliphatic rings. The van der Waals surface area contributed by atoms with E-state index in [-0.39, 0.29) is 42.8 Å². The number of benzene rings is 3. The van der Waals surface area contributed by atoms with Gasteiger partial charge in [-0.05, 0) is 56.0 Å². The summed E-state index contributed by atoms with van der Waals surface area (Å²) in [6, 6.07) is 16.6. The maximum absolute atomic E-state index is 14.8. The number of amides is 4. The van der Waals surface area contributed by atoms with E-state index < -0.39 is 46.4 Å². The number of hydrogen-bond acceptors (Lipinski definition) is 11. The van der Waals surface area contributed by atoms with E-state index in [0.717, 1.165) is 6.42 Å². The van der Waals surface area contributed by atoms with E-state index in [1.54, 1.807) is 70.9 Å². The summed E-state index contributed by atoms with van der Waals surface area (Å²) in [5.41, 5.74) is 2.72. The maximum atomic E-state index is 14.8. The van der Waals surface area contributed by atoms with Crippen molar-refractivity contribution in [1.29, 1.82) is 0 Å². The molecule has 2 saturated heterocycles. The second-order valence-corrected chi connectivity index (χ2v) is 17.8. The number of alkyl carbamates (subject to hydrolysis) is 1. The summed E-state index contributed by atoms with van der Waals surface area (Å²) in [7, 11) is 0.0457. The molecule has 342 valence electrons. The van der Waals surface area contributed by atoms with E-state index in [2.05, 4.69) is 20.6 Å². The zero-order valence-corrected chi connectivity index (χ0v) is 37.0. The standard InChI is InChI=1S/C45H51N9O10S/c1-62-23-17-33(49-44(57)58)42(55)53-21-8-12-37(53)41-46-19-22-51(41)29-14-16-32-31-15-13-28(25-38(31)54(39(32)26-29)65(60,61)30-9-5-4-6-10-30)35-27-47-40(48-35)36-11-7-20-52(36)43(56)34(18-24-63-2)50-45(59)64-3/h4-6,9-10,13-16,19,22,25-27,33-34,36-37,49H,7-8,11-12,17-18,20-21,23-24H2,1-3H3,(H,47,48)(H,50,59)(H,57,58)/t33-,34-,36-,37-/m0/s1. The van der Waals surface area contributed by atoms with Gasteiger partial charge in [-0.15, -0.1) is 0 Å². The smallest absolute Gasteiger partial charge is 0.407 e. The average molecular weight is 910 g/mol. The molecule has 19 nitrogen and oxygen atoms in total. The molecule has 0 unspecified atom stereocenters. The zero-order chi connectivity index (χ0) is 45.8. The molecule has 8 rings (SSSR count). The number of carbonyl (C=O) groups is 4. The van der Waals surface area contributed by atoms with E-state index in [9.17, 15) is 32.7 Å². The minimum absolute atomic E-state index is 0.0938. The molecule has 4 N–H and O–H groups in total. The van der Waals surface area contributed by atoms with Crippen molar-refractivity contribution in [2.24, 2.45) is 0 Å². The lowest BCUT2D eigenvalue weighted by Crippen LogP contribution is -2.49. The second kappa shape index (κ2) is 19.1. The summed E-state index contributed by atoms with van der Waals surface area (Å²) in [4.78, 5) is 67.6. The fourth-order valence-electron chi connectivity index (χ4n) is 9.03. The number of aromatic nitrogens is 5. The van der Waals surface area contributed by atoms with Crippen molar-refractivity contribution in [2.75, 3.05) is 47.6 Å². The van der Waals surface area contributed by atoms with Gasteiger partial charge in [-0.1, -0.05) is 36.4 Å². The number of nitrogens with one attached hydrogen (secondary N) is 3. The van der Waals surface area contributed by atoms with Crippen molar-refractivity contribution >= 4 is 55.8 Å². The van der Waals surface area contributed by atoms with Crippen LogP contribution < -0.4 is 10.6 Å². The number of hydrogen-bond donors (Lipinski definition) is 4. The lowest BCUT2D eigenvalue weighted by atomic mass is 10.1. The second-order valence-electron chi connectivity index (χ2n) is 16.0. The Morgan fingerprint density at radius 2 is 1.45 bits per heavy atom. The third-order valence-electron chi connectivity index (χ3n) is 12.1. The van der Waals surface area contributed by atoms with Crippen molar-refractivity contribution in [3.8, 4) is 16.9 Å². The van der Waals surface area contributed by atoms with E-state index in [4.69, 9.17) is 19.2 Å². The van der Waals surface area contributed by atoms with Crippen LogP contribution in [0.1, 0.15) is 62.3 Å². The Bertz CT molecular complexity index is 2820. The van der Waals surface area contributed by atoms with Crippen LogP contribution in [-0.4, -0.2) is 131 Å². The predicted octanol–water partition coefficient (Wildman–Crippen LogP) is 5.37. The summed E-state index contributed by atoms with van der Waals surface area (Å²) < 4.78 is 47.9. The van der Waals surface area contributed by atoms with Crippen LogP contribution in [0, 0.1) is 0 Å². The first kappa shape index (κ1) is 44.8. The van der Waals surface area contributed by atoms with Crippen LogP contribution in [0.25, 0.3) is 38.8 Å². The summed E-state index contributed by atoms with van der Waals surface area (Å²) in [6.45, 7) is 1.31. The van der Waals surface area contributed by atoms with Crippen LogP contribution in [-0.2, 0) is 33.8 Å². The SMILES string of the molecule is COCC[C@H](NC(=O)OC)C(=O)N1CCC[C@H]1c1ncc(-c2ccc3c4ccc(-n5ccnc5[C@@H]5CCCN5C(=O)[C@H](CCOC)NC(=O)O)cc4n(S(=O)(=O)c4ccccc4)c3c2)[nH]1. The highest BCUT2D eigenvalue weighted by Gasteiger charge is 2.38. The topological polar surface area (TPSA) is 232 Å². The van der Waals surface area contributed by atoms with E-state index in [1.807, 2.05) is 28.8 Å². The first-order valence-electron chi connectivity index (χ1n) is 21.4. The van der Waals surface area contributed by atoms with Crippen molar-refractivity contribution in [2.45, 2.75) is 67.6 Å². The molecule has 6 aromatic rings. The van der Waals surface area contributed by atoms with Crippen LogP contribution in [0.15, 0.2) is 90.2 Å².